The summed E-state index contributed by atoms with van der Waals surface area (Å²) in [4.78, 5) is 23.0. The van der Waals surface area contributed by atoms with E-state index in [-0.39, 0.29) is 5.91 Å². The van der Waals surface area contributed by atoms with Crippen molar-refractivity contribution in [2.24, 2.45) is 0 Å². The first-order valence-corrected chi connectivity index (χ1v) is 8.36. The number of hydrogen-bond donors (Lipinski definition) is 2. The van der Waals surface area contributed by atoms with Crippen LogP contribution in [-0.4, -0.2) is 23.0 Å². The highest BCUT2D eigenvalue weighted by Gasteiger charge is 2.18. The van der Waals surface area contributed by atoms with Gasteiger partial charge in [0.25, 0.3) is 0 Å². The number of benzene rings is 1. The number of aryl methyl sites for hydroxylation is 2. The van der Waals surface area contributed by atoms with Crippen molar-refractivity contribution in [1.82, 2.24) is 5.32 Å². The van der Waals surface area contributed by atoms with Crippen LogP contribution in [0.2, 0.25) is 0 Å². The van der Waals surface area contributed by atoms with E-state index in [9.17, 15) is 9.59 Å². The lowest BCUT2D eigenvalue weighted by atomic mass is 9.91. The Balaban J connectivity index is 2.61. The molecule has 1 amide bonds. The minimum absolute atomic E-state index is 0.175. The van der Waals surface area contributed by atoms with Crippen molar-refractivity contribution in [3.63, 3.8) is 0 Å². The SMILES string of the molecule is CCCC(NC(=O)CCCc1c(C)c(C)cc(C)c1C)C(=O)O. The minimum atomic E-state index is -0.957. The van der Waals surface area contributed by atoms with Crippen LogP contribution < -0.4 is 5.32 Å². The number of rotatable bonds is 8. The van der Waals surface area contributed by atoms with E-state index in [1.54, 1.807) is 0 Å². The number of carbonyl (C=O) groups excluding carboxylic acids is 1. The van der Waals surface area contributed by atoms with Gasteiger partial charge < -0.3 is 10.4 Å². The molecule has 0 saturated heterocycles. The molecule has 0 heterocycles. The van der Waals surface area contributed by atoms with E-state index in [1.807, 2.05) is 6.92 Å². The van der Waals surface area contributed by atoms with Crippen LogP contribution in [0.5, 0.6) is 0 Å². The predicted molar refractivity (Wildman–Crippen MR) is 92.8 cm³/mol. The van der Waals surface area contributed by atoms with Crippen LogP contribution in [0.15, 0.2) is 6.07 Å². The Morgan fingerprint density at radius 1 is 1.13 bits per heavy atom. The fourth-order valence-electron chi connectivity index (χ4n) is 2.91. The maximum Gasteiger partial charge on any atom is 0.326 e. The fourth-order valence-corrected chi connectivity index (χ4v) is 2.91. The van der Waals surface area contributed by atoms with Crippen molar-refractivity contribution >= 4 is 11.9 Å². The molecular weight excluding hydrogens is 290 g/mol. The lowest BCUT2D eigenvalue weighted by Gasteiger charge is -2.16. The topological polar surface area (TPSA) is 66.4 Å². The summed E-state index contributed by atoms with van der Waals surface area (Å²) in [6, 6.07) is 1.43. The van der Waals surface area contributed by atoms with Crippen LogP contribution in [0.1, 0.15) is 60.4 Å². The lowest BCUT2D eigenvalue weighted by molar-refractivity contribution is -0.142. The largest absolute Gasteiger partial charge is 0.480 e. The van der Waals surface area contributed by atoms with Crippen LogP contribution >= 0.6 is 0 Å². The molecule has 0 aliphatic carbocycles. The molecule has 0 bridgehead atoms. The van der Waals surface area contributed by atoms with Crippen molar-refractivity contribution in [2.75, 3.05) is 0 Å². The number of amides is 1. The summed E-state index contributed by atoms with van der Waals surface area (Å²) in [7, 11) is 0. The molecule has 1 rings (SSSR count). The smallest absolute Gasteiger partial charge is 0.326 e. The molecule has 2 N–H and O–H groups in total. The van der Waals surface area contributed by atoms with Gasteiger partial charge in [0, 0.05) is 6.42 Å². The molecule has 23 heavy (non-hydrogen) atoms. The second-order valence-corrected chi connectivity index (χ2v) is 6.34. The van der Waals surface area contributed by atoms with Crippen molar-refractivity contribution in [2.45, 2.75) is 72.8 Å². The van der Waals surface area contributed by atoms with E-state index in [2.05, 4.69) is 39.1 Å². The molecule has 0 fully saturated rings. The van der Waals surface area contributed by atoms with Crippen LogP contribution in [0.25, 0.3) is 0 Å². The highest BCUT2D eigenvalue weighted by molar-refractivity contribution is 5.83. The third-order valence-electron chi connectivity index (χ3n) is 4.56. The molecule has 4 nitrogen and oxygen atoms in total. The zero-order valence-corrected chi connectivity index (χ0v) is 15.0. The number of carbonyl (C=O) groups is 2. The summed E-state index contributed by atoms with van der Waals surface area (Å²) in [5, 5.41) is 11.7. The van der Waals surface area contributed by atoms with Crippen LogP contribution in [0.4, 0.5) is 0 Å². The molecule has 0 aromatic heterocycles. The normalized spacial score (nSPS) is 12.0. The van der Waals surface area contributed by atoms with Gasteiger partial charge in [0.1, 0.15) is 6.04 Å². The Morgan fingerprint density at radius 3 is 2.17 bits per heavy atom. The molecule has 1 aromatic rings. The molecular formula is C19H29NO3. The van der Waals surface area contributed by atoms with Gasteiger partial charge in [-0.2, -0.15) is 0 Å². The van der Waals surface area contributed by atoms with E-state index >= 15 is 0 Å². The second kappa shape index (κ2) is 8.70. The van der Waals surface area contributed by atoms with E-state index in [0.29, 0.717) is 12.8 Å². The van der Waals surface area contributed by atoms with Gasteiger partial charge >= 0.3 is 5.97 Å². The summed E-state index contributed by atoms with van der Waals surface area (Å²) >= 11 is 0. The predicted octanol–water partition coefficient (Wildman–Crippen LogP) is 3.61. The lowest BCUT2D eigenvalue weighted by Crippen LogP contribution is -2.40. The Labute approximate surface area is 139 Å². The fraction of sp³-hybridized carbons (Fsp3) is 0.579. The number of carboxylic acids is 1. The number of hydrogen-bond acceptors (Lipinski definition) is 2. The number of nitrogens with one attached hydrogen (secondary N) is 1. The van der Waals surface area contributed by atoms with Gasteiger partial charge in [-0.05, 0) is 74.8 Å². The first-order chi connectivity index (χ1) is 10.8. The first-order valence-electron chi connectivity index (χ1n) is 8.36. The van der Waals surface area contributed by atoms with Crippen molar-refractivity contribution in [1.29, 1.82) is 0 Å². The molecule has 128 valence electrons. The number of carboxylic acid groups (broad SMARTS) is 1. The summed E-state index contributed by atoms with van der Waals surface area (Å²) < 4.78 is 0. The molecule has 0 aliphatic rings. The van der Waals surface area contributed by atoms with E-state index in [0.717, 1.165) is 19.3 Å². The first kappa shape index (κ1) is 19.2. The quantitative estimate of drug-likeness (QED) is 0.769. The average molecular weight is 319 g/mol. The third kappa shape index (κ3) is 5.38. The maximum absolute atomic E-state index is 12.0. The summed E-state index contributed by atoms with van der Waals surface area (Å²) in [5.41, 5.74) is 6.47. The van der Waals surface area contributed by atoms with Gasteiger partial charge in [0.15, 0.2) is 0 Å². The Bertz CT molecular complexity index is 552. The van der Waals surface area contributed by atoms with Crippen LogP contribution in [0.3, 0.4) is 0 Å². The Hall–Kier alpha value is -1.84. The monoisotopic (exact) mass is 319 g/mol. The van der Waals surface area contributed by atoms with Gasteiger partial charge in [-0.15, -0.1) is 0 Å². The van der Waals surface area contributed by atoms with E-state index < -0.39 is 12.0 Å². The average Bonchev–Trinajstić information content (AvgIpc) is 2.48. The van der Waals surface area contributed by atoms with E-state index in [1.165, 1.54) is 27.8 Å². The van der Waals surface area contributed by atoms with Crippen LogP contribution in [-0.2, 0) is 16.0 Å². The standard InChI is InChI=1S/C19H29NO3/c1-6-8-17(19(22)23)20-18(21)10-7-9-16-14(4)12(2)11-13(3)15(16)5/h11,17H,6-10H2,1-5H3,(H,20,21)(H,22,23). The third-order valence-corrected chi connectivity index (χ3v) is 4.56. The van der Waals surface area contributed by atoms with Crippen LogP contribution in [0, 0.1) is 27.7 Å². The molecule has 1 aromatic carbocycles. The maximum atomic E-state index is 12.0. The minimum Gasteiger partial charge on any atom is -0.480 e. The van der Waals surface area contributed by atoms with Gasteiger partial charge in [-0.1, -0.05) is 19.4 Å². The second-order valence-electron chi connectivity index (χ2n) is 6.34. The van der Waals surface area contributed by atoms with Crippen molar-refractivity contribution in [3.8, 4) is 0 Å². The molecule has 0 aliphatic heterocycles. The van der Waals surface area contributed by atoms with Gasteiger partial charge in [-0.3, -0.25) is 4.79 Å². The molecule has 0 radical (unpaired) electrons. The molecule has 0 spiro atoms. The zero-order valence-electron chi connectivity index (χ0n) is 15.0. The highest BCUT2D eigenvalue weighted by atomic mass is 16.4. The molecule has 1 atom stereocenters. The van der Waals surface area contributed by atoms with Gasteiger partial charge in [-0.25, -0.2) is 4.79 Å². The zero-order chi connectivity index (χ0) is 17.6. The summed E-state index contributed by atoms with van der Waals surface area (Å²) in [6.07, 6.45) is 3.14. The Morgan fingerprint density at radius 2 is 1.70 bits per heavy atom. The van der Waals surface area contributed by atoms with Gasteiger partial charge in [0.2, 0.25) is 5.91 Å². The summed E-state index contributed by atoms with van der Waals surface area (Å²) in [6.45, 7) is 10.4. The van der Waals surface area contributed by atoms with Gasteiger partial charge in [0.05, 0.1) is 0 Å². The van der Waals surface area contributed by atoms with Crippen molar-refractivity contribution < 1.29 is 14.7 Å². The molecule has 0 saturated carbocycles. The van der Waals surface area contributed by atoms with Crippen molar-refractivity contribution in [3.05, 3.63) is 33.9 Å². The Kier molecular flexibility index (Phi) is 7.27. The summed E-state index contributed by atoms with van der Waals surface area (Å²) in [5.74, 6) is -1.13. The molecule has 4 heteroatoms. The highest BCUT2D eigenvalue weighted by Crippen LogP contribution is 2.23. The molecule has 1 unspecified atom stereocenters. The van der Waals surface area contributed by atoms with E-state index in [4.69, 9.17) is 5.11 Å². The number of aliphatic carboxylic acids is 1.